The van der Waals surface area contributed by atoms with Crippen LogP contribution in [0.15, 0.2) is 12.1 Å². The van der Waals surface area contributed by atoms with E-state index in [0.29, 0.717) is 5.82 Å². The molecule has 1 aromatic rings. The summed E-state index contributed by atoms with van der Waals surface area (Å²) in [6, 6.07) is 2.94. The second-order valence-corrected chi connectivity index (χ2v) is 3.42. The second kappa shape index (κ2) is 5.26. The van der Waals surface area contributed by atoms with Gasteiger partial charge in [0.15, 0.2) is 0 Å². The molecule has 0 fully saturated rings. The fourth-order valence-electron chi connectivity index (χ4n) is 1.12. The Morgan fingerprint density at radius 1 is 1.62 bits per heavy atom. The summed E-state index contributed by atoms with van der Waals surface area (Å²) in [5, 5.41) is 13.7. The molecule has 0 radical (unpaired) electrons. The molecule has 88 valence electrons. The first kappa shape index (κ1) is 12.2. The van der Waals surface area contributed by atoms with E-state index in [1.54, 1.807) is 0 Å². The van der Waals surface area contributed by atoms with Gasteiger partial charge in [-0.05, 0) is 19.4 Å². The first-order valence-electron chi connectivity index (χ1n) is 4.97. The van der Waals surface area contributed by atoms with E-state index in [-0.39, 0.29) is 17.5 Å². The molecule has 0 saturated heterocycles. The van der Waals surface area contributed by atoms with Crippen molar-refractivity contribution in [3.8, 4) is 0 Å². The van der Waals surface area contributed by atoms with Gasteiger partial charge in [0.2, 0.25) is 5.82 Å². The fourth-order valence-corrected chi connectivity index (χ4v) is 1.12. The van der Waals surface area contributed by atoms with Gasteiger partial charge in [0, 0.05) is 12.1 Å². The maximum atomic E-state index is 10.8. The number of nitro groups is 1. The van der Waals surface area contributed by atoms with E-state index < -0.39 is 4.92 Å². The van der Waals surface area contributed by atoms with Crippen molar-refractivity contribution >= 4 is 17.3 Å². The maximum Gasteiger partial charge on any atom is 0.311 e. The molecule has 0 aliphatic rings. The van der Waals surface area contributed by atoms with Crippen molar-refractivity contribution in [2.24, 2.45) is 5.84 Å². The average molecular weight is 225 g/mol. The number of rotatable bonds is 5. The van der Waals surface area contributed by atoms with Crippen molar-refractivity contribution in [3.63, 3.8) is 0 Å². The minimum Gasteiger partial charge on any atom is -0.362 e. The van der Waals surface area contributed by atoms with Gasteiger partial charge in [-0.2, -0.15) is 0 Å². The van der Waals surface area contributed by atoms with Gasteiger partial charge >= 0.3 is 5.69 Å². The predicted molar refractivity (Wildman–Crippen MR) is 62.1 cm³/mol. The number of nitrogens with two attached hydrogens (primary N) is 1. The van der Waals surface area contributed by atoms with Gasteiger partial charge in [0.05, 0.1) is 4.92 Å². The van der Waals surface area contributed by atoms with Crippen LogP contribution >= 0.6 is 0 Å². The molecule has 0 aromatic carbocycles. The number of hydrogen-bond acceptors (Lipinski definition) is 6. The highest BCUT2D eigenvalue weighted by molar-refractivity contribution is 5.60. The molecular weight excluding hydrogens is 210 g/mol. The quantitative estimate of drug-likeness (QED) is 0.398. The Labute approximate surface area is 93.2 Å². The minimum absolute atomic E-state index is 0.0562. The number of nitrogens with zero attached hydrogens (tertiary/aromatic N) is 2. The highest BCUT2D eigenvalue weighted by Gasteiger charge is 2.16. The van der Waals surface area contributed by atoms with Crippen LogP contribution in [0.3, 0.4) is 0 Å². The molecule has 1 rings (SSSR count). The summed E-state index contributed by atoms with van der Waals surface area (Å²) in [5.41, 5.74) is 2.29. The van der Waals surface area contributed by atoms with Crippen LogP contribution in [-0.4, -0.2) is 15.9 Å². The Kier molecular flexibility index (Phi) is 4.01. The Hall–Kier alpha value is -1.89. The molecule has 16 heavy (non-hydrogen) atoms. The lowest BCUT2D eigenvalue weighted by atomic mass is 10.2. The monoisotopic (exact) mass is 225 g/mol. The predicted octanol–water partition coefficient (Wildman–Crippen LogP) is 1.49. The molecule has 1 heterocycles. The molecule has 1 atom stereocenters. The van der Waals surface area contributed by atoms with E-state index >= 15 is 0 Å². The van der Waals surface area contributed by atoms with Crippen molar-refractivity contribution in [1.82, 2.24) is 4.98 Å². The van der Waals surface area contributed by atoms with Crippen LogP contribution in [0.4, 0.5) is 17.3 Å². The van der Waals surface area contributed by atoms with Gasteiger partial charge in [-0.1, -0.05) is 6.92 Å². The largest absolute Gasteiger partial charge is 0.362 e. The number of nitrogen functional groups attached to an aromatic ring is 1. The fraction of sp³-hybridized carbons (Fsp3) is 0.444. The Morgan fingerprint density at radius 3 is 2.81 bits per heavy atom. The van der Waals surface area contributed by atoms with E-state index in [1.165, 1.54) is 12.1 Å². The van der Waals surface area contributed by atoms with E-state index in [1.807, 2.05) is 13.8 Å². The summed E-state index contributed by atoms with van der Waals surface area (Å²) >= 11 is 0. The van der Waals surface area contributed by atoms with Crippen LogP contribution in [0.25, 0.3) is 0 Å². The van der Waals surface area contributed by atoms with E-state index in [9.17, 15) is 10.1 Å². The van der Waals surface area contributed by atoms with Crippen LogP contribution in [0.1, 0.15) is 20.3 Å². The zero-order valence-corrected chi connectivity index (χ0v) is 9.23. The summed E-state index contributed by atoms with van der Waals surface area (Å²) < 4.78 is 0. The van der Waals surface area contributed by atoms with Gasteiger partial charge in [0.25, 0.3) is 0 Å². The number of anilines is 2. The Balaban J connectivity index is 3.05. The molecule has 0 aliphatic heterocycles. The minimum atomic E-state index is -0.474. The molecule has 4 N–H and O–H groups in total. The van der Waals surface area contributed by atoms with Crippen molar-refractivity contribution in [2.45, 2.75) is 26.3 Å². The lowest BCUT2D eigenvalue weighted by Crippen LogP contribution is -2.17. The molecule has 7 nitrogen and oxygen atoms in total. The van der Waals surface area contributed by atoms with E-state index in [0.717, 1.165) is 6.42 Å². The topological polar surface area (TPSA) is 106 Å². The molecule has 0 aliphatic carbocycles. The zero-order valence-electron chi connectivity index (χ0n) is 9.23. The molecule has 0 bridgehead atoms. The third kappa shape index (κ3) is 2.80. The summed E-state index contributed by atoms with van der Waals surface area (Å²) in [6.45, 7) is 3.91. The molecule has 1 aromatic heterocycles. The molecule has 0 spiro atoms. The first-order chi connectivity index (χ1) is 7.58. The summed E-state index contributed by atoms with van der Waals surface area (Å²) in [4.78, 5) is 14.3. The number of hydrazine groups is 1. The third-order valence-corrected chi connectivity index (χ3v) is 2.21. The zero-order chi connectivity index (χ0) is 12.1. The Bertz CT molecular complexity index is 382. The van der Waals surface area contributed by atoms with Gasteiger partial charge in [-0.3, -0.25) is 10.1 Å². The number of pyridine rings is 1. The van der Waals surface area contributed by atoms with Crippen LogP contribution in [0.2, 0.25) is 0 Å². The van der Waals surface area contributed by atoms with Crippen molar-refractivity contribution in [2.75, 3.05) is 10.7 Å². The van der Waals surface area contributed by atoms with Gasteiger partial charge in [-0.15, -0.1) is 0 Å². The number of nitrogens with one attached hydrogen (secondary N) is 2. The lowest BCUT2D eigenvalue weighted by molar-refractivity contribution is -0.384. The average Bonchev–Trinajstić information content (AvgIpc) is 2.28. The van der Waals surface area contributed by atoms with Crippen molar-refractivity contribution < 1.29 is 4.92 Å². The Morgan fingerprint density at radius 2 is 2.31 bits per heavy atom. The van der Waals surface area contributed by atoms with Gasteiger partial charge in [0.1, 0.15) is 5.82 Å². The highest BCUT2D eigenvalue weighted by Crippen LogP contribution is 2.24. The lowest BCUT2D eigenvalue weighted by Gasteiger charge is -2.12. The first-order valence-corrected chi connectivity index (χ1v) is 4.97. The SMILES string of the molecule is CCC(C)Nc1nc(NN)ccc1[N+](=O)[O-]. The molecule has 7 heteroatoms. The molecule has 1 unspecified atom stereocenters. The van der Waals surface area contributed by atoms with Crippen LogP contribution in [0.5, 0.6) is 0 Å². The molecule has 0 saturated carbocycles. The summed E-state index contributed by atoms with van der Waals surface area (Å²) in [6.07, 6.45) is 0.846. The number of hydrogen-bond donors (Lipinski definition) is 3. The summed E-state index contributed by atoms with van der Waals surface area (Å²) in [7, 11) is 0. The summed E-state index contributed by atoms with van der Waals surface area (Å²) in [5.74, 6) is 5.81. The smallest absolute Gasteiger partial charge is 0.311 e. The normalized spacial score (nSPS) is 11.9. The number of aromatic nitrogens is 1. The van der Waals surface area contributed by atoms with Gasteiger partial charge < -0.3 is 10.7 Å². The van der Waals surface area contributed by atoms with Crippen molar-refractivity contribution in [3.05, 3.63) is 22.2 Å². The van der Waals surface area contributed by atoms with Crippen LogP contribution < -0.4 is 16.6 Å². The molecular formula is C9H15N5O2. The van der Waals surface area contributed by atoms with Crippen LogP contribution in [0, 0.1) is 10.1 Å². The standard InChI is InChI=1S/C9H15N5O2/c1-3-6(2)11-9-7(14(15)16)4-5-8(12-9)13-10/h4-6H,3,10H2,1-2H3,(H2,11,12,13). The van der Waals surface area contributed by atoms with Crippen LogP contribution in [-0.2, 0) is 0 Å². The third-order valence-electron chi connectivity index (χ3n) is 2.21. The maximum absolute atomic E-state index is 10.8. The van der Waals surface area contributed by atoms with E-state index in [2.05, 4.69) is 15.7 Å². The second-order valence-electron chi connectivity index (χ2n) is 3.42. The molecule has 0 amide bonds. The van der Waals surface area contributed by atoms with Crippen molar-refractivity contribution in [1.29, 1.82) is 0 Å². The van der Waals surface area contributed by atoms with Gasteiger partial charge in [-0.25, -0.2) is 10.8 Å². The van der Waals surface area contributed by atoms with E-state index in [4.69, 9.17) is 5.84 Å². The highest BCUT2D eigenvalue weighted by atomic mass is 16.6.